The summed E-state index contributed by atoms with van der Waals surface area (Å²) in [6.45, 7) is 7.98. The number of hydrogen-bond acceptors (Lipinski definition) is 6. The maximum Gasteiger partial charge on any atom is 0.259 e. The first-order valence-corrected chi connectivity index (χ1v) is 10.9. The Kier molecular flexibility index (Phi) is 5.96. The highest BCUT2D eigenvalue weighted by atomic mass is 16.5. The van der Waals surface area contributed by atoms with Crippen LogP contribution < -0.4 is 10.1 Å². The third kappa shape index (κ3) is 4.71. The number of aliphatic hydroxyl groups is 1. The Balaban J connectivity index is 1.55. The minimum atomic E-state index is -0.855. The SMILES string of the molecule is CC(C)Oc1cccc(C(O)CNC(=O)c2cc(C3CC3)nc3onc(C(C)C)c23)c1. The van der Waals surface area contributed by atoms with Crippen molar-refractivity contribution in [3.8, 4) is 5.75 Å². The molecule has 1 aliphatic carbocycles. The van der Waals surface area contributed by atoms with Gasteiger partial charge < -0.3 is 19.7 Å². The van der Waals surface area contributed by atoms with Crippen LogP contribution >= 0.6 is 0 Å². The average Bonchev–Trinajstić information content (AvgIpc) is 3.49. The molecule has 2 heterocycles. The molecule has 0 spiro atoms. The summed E-state index contributed by atoms with van der Waals surface area (Å²) in [5.74, 6) is 0.885. The highest BCUT2D eigenvalue weighted by Crippen LogP contribution is 2.41. The molecule has 7 nitrogen and oxygen atoms in total. The second-order valence-corrected chi connectivity index (χ2v) is 8.74. The topological polar surface area (TPSA) is 97.5 Å². The van der Waals surface area contributed by atoms with Gasteiger partial charge in [-0.25, -0.2) is 4.98 Å². The molecule has 1 saturated carbocycles. The van der Waals surface area contributed by atoms with Gasteiger partial charge in [0.1, 0.15) is 5.75 Å². The molecule has 0 saturated heterocycles. The van der Waals surface area contributed by atoms with Crippen LogP contribution in [0.4, 0.5) is 0 Å². The molecule has 0 radical (unpaired) electrons. The number of aliphatic hydroxyl groups excluding tert-OH is 1. The number of benzene rings is 1. The Morgan fingerprint density at radius 1 is 1.26 bits per heavy atom. The molecule has 2 N–H and O–H groups in total. The zero-order valence-corrected chi connectivity index (χ0v) is 18.4. The predicted octanol–water partition coefficient (Wildman–Crippen LogP) is 4.47. The van der Waals surface area contributed by atoms with E-state index in [0.717, 1.165) is 18.5 Å². The van der Waals surface area contributed by atoms with Crippen LogP contribution in [-0.4, -0.2) is 33.8 Å². The van der Waals surface area contributed by atoms with E-state index in [1.54, 1.807) is 6.07 Å². The Morgan fingerprint density at radius 2 is 2.03 bits per heavy atom. The summed E-state index contributed by atoms with van der Waals surface area (Å²) >= 11 is 0. The maximum atomic E-state index is 13.1. The standard InChI is InChI=1S/C24H29N3O4/c1-13(2)22-21-18(11-19(15-8-9-15)26-24(21)31-27-22)23(29)25-12-20(28)16-6-5-7-17(10-16)30-14(3)4/h5-7,10-11,13-15,20,28H,8-9,12H2,1-4H3,(H,25,29). The van der Waals surface area contributed by atoms with Gasteiger partial charge in [0.25, 0.3) is 11.6 Å². The van der Waals surface area contributed by atoms with E-state index >= 15 is 0 Å². The van der Waals surface area contributed by atoms with E-state index in [1.165, 1.54) is 0 Å². The van der Waals surface area contributed by atoms with E-state index < -0.39 is 6.10 Å². The quantitative estimate of drug-likeness (QED) is 0.555. The number of carbonyl (C=O) groups excluding carboxylic acids is 1. The van der Waals surface area contributed by atoms with Crippen molar-refractivity contribution in [2.75, 3.05) is 6.54 Å². The number of pyridine rings is 1. The molecule has 1 atom stereocenters. The first-order chi connectivity index (χ1) is 14.8. The number of hydrogen-bond donors (Lipinski definition) is 2. The maximum absolute atomic E-state index is 13.1. The second kappa shape index (κ2) is 8.67. The van der Waals surface area contributed by atoms with E-state index in [1.807, 2.05) is 52.0 Å². The van der Waals surface area contributed by atoms with Gasteiger partial charge in [0.2, 0.25) is 0 Å². The molecular formula is C24H29N3O4. The second-order valence-electron chi connectivity index (χ2n) is 8.74. The molecule has 31 heavy (non-hydrogen) atoms. The van der Waals surface area contributed by atoms with Gasteiger partial charge in [-0.1, -0.05) is 31.1 Å². The Labute approximate surface area is 181 Å². The monoisotopic (exact) mass is 423 g/mol. The lowest BCUT2D eigenvalue weighted by Crippen LogP contribution is -2.29. The number of nitrogens with one attached hydrogen (secondary N) is 1. The fourth-order valence-electron chi connectivity index (χ4n) is 3.62. The third-order valence-electron chi connectivity index (χ3n) is 5.35. The number of fused-ring (bicyclic) bond motifs is 1. The van der Waals surface area contributed by atoms with Crippen molar-refractivity contribution in [3.63, 3.8) is 0 Å². The number of amides is 1. The van der Waals surface area contributed by atoms with E-state index in [0.29, 0.717) is 39.6 Å². The molecule has 2 aromatic heterocycles. The molecular weight excluding hydrogens is 394 g/mol. The van der Waals surface area contributed by atoms with Crippen LogP contribution in [0.5, 0.6) is 5.75 Å². The minimum absolute atomic E-state index is 0.0422. The minimum Gasteiger partial charge on any atom is -0.491 e. The van der Waals surface area contributed by atoms with Crippen LogP contribution in [0, 0.1) is 0 Å². The summed E-state index contributed by atoms with van der Waals surface area (Å²) < 4.78 is 11.1. The molecule has 3 aromatic rings. The van der Waals surface area contributed by atoms with Crippen molar-refractivity contribution >= 4 is 17.0 Å². The zero-order valence-electron chi connectivity index (χ0n) is 18.4. The van der Waals surface area contributed by atoms with Crippen molar-refractivity contribution in [2.45, 2.75) is 64.6 Å². The smallest absolute Gasteiger partial charge is 0.259 e. The molecule has 1 aromatic carbocycles. The van der Waals surface area contributed by atoms with E-state index in [2.05, 4.69) is 15.5 Å². The van der Waals surface area contributed by atoms with Crippen LogP contribution in [0.1, 0.15) is 85.8 Å². The lowest BCUT2D eigenvalue weighted by atomic mass is 10.0. The highest BCUT2D eigenvalue weighted by Gasteiger charge is 2.29. The lowest BCUT2D eigenvalue weighted by molar-refractivity contribution is 0.0917. The first kappa shape index (κ1) is 21.3. The van der Waals surface area contributed by atoms with Crippen molar-refractivity contribution in [2.24, 2.45) is 0 Å². The average molecular weight is 424 g/mol. The zero-order chi connectivity index (χ0) is 22.1. The molecule has 1 aliphatic rings. The summed E-state index contributed by atoms with van der Waals surface area (Å²) in [7, 11) is 0. The van der Waals surface area contributed by atoms with Gasteiger partial charge in [0, 0.05) is 18.2 Å². The van der Waals surface area contributed by atoms with Gasteiger partial charge in [-0.05, 0) is 56.4 Å². The Morgan fingerprint density at radius 3 is 2.71 bits per heavy atom. The van der Waals surface area contributed by atoms with Crippen molar-refractivity contribution < 1.29 is 19.2 Å². The van der Waals surface area contributed by atoms with E-state index in [9.17, 15) is 9.90 Å². The Bertz CT molecular complexity index is 1090. The van der Waals surface area contributed by atoms with E-state index in [4.69, 9.17) is 9.26 Å². The molecule has 4 rings (SSSR count). The summed E-state index contributed by atoms with van der Waals surface area (Å²) in [5, 5.41) is 18.3. The summed E-state index contributed by atoms with van der Waals surface area (Å²) in [4.78, 5) is 17.7. The molecule has 1 amide bonds. The summed E-state index contributed by atoms with van der Waals surface area (Å²) in [6.07, 6.45) is 1.32. The summed E-state index contributed by atoms with van der Waals surface area (Å²) in [6, 6.07) is 9.14. The van der Waals surface area contributed by atoms with Gasteiger partial charge in [-0.15, -0.1) is 0 Å². The van der Waals surface area contributed by atoms with Crippen LogP contribution in [0.25, 0.3) is 11.1 Å². The molecule has 0 bridgehead atoms. The van der Waals surface area contributed by atoms with Gasteiger partial charge in [0.05, 0.1) is 28.9 Å². The number of rotatable bonds is 8. The predicted molar refractivity (Wildman–Crippen MR) is 117 cm³/mol. The fraction of sp³-hybridized carbons (Fsp3) is 0.458. The van der Waals surface area contributed by atoms with Crippen molar-refractivity contribution in [1.29, 1.82) is 0 Å². The third-order valence-corrected chi connectivity index (χ3v) is 5.35. The molecule has 1 unspecified atom stereocenters. The van der Waals surface area contributed by atoms with Crippen LogP contribution in [0.2, 0.25) is 0 Å². The van der Waals surface area contributed by atoms with Crippen LogP contribution in [0.3, 0.4) is 0 Å². The molecule has 1 fully saturated rings. The largest absolute Gasteiger partial charge is 0.491 e. The first-order valence-electron chi connectivity index (χ1n) is 10.9. The van der Waals surface area contributed by atoms with Crippen molar-refractivity contribution in [1.82, 2.24) is 15.5 Å². The van der Waals surface area contributed by atoms with Crippen LogP contribution in [-0.2, 0) is 0 Å². The van der Waals surface area contributed by atoms with Crippen molar-refractivity contribution in [3.05, 3.63) is 52.8 Å². The van der Waals surface area contributed by atoms with Gasteiger partial charge >= 0.3 is 0 Å². The number of nitrogens with zero attached hydrogens (tertiary/aromatic N) is 2. The van der Waals surface area contributed by atoms with Gasteiger partial charge in [-0.3, -0.25) is 4.79 Å². The summed E-state index contributed by atoms with van der Waals surface area (Å²) in [5.41, 5.74) is 3.17. The molecule has 7 heteroatoms. The number of aromatic nitrogens is 2. The van der Waals surface area contributed by atoms with Gasteiger partial charge in [-0.2, -0.15) is 0 Å². The van der Waals surface area contributed by atoms with Gasteiger partial charge in [0.15, 0.2) is 0 Å². The highest BCUT2D eigenvalue weighted by molar-refractivity contribution is 6.06. The Hall–Kier alpha value is -2.93. The number of carbonyl (C=O) groups is 1. The van der Waals surface area contributed by atoms with Crippen LogP contribution in [0.15, 0.2) is 34.9 Å². The lowest BCUT2D eigenvalue weighted by Gasteiger charge is -2.15. The molecule has 0 aliphatic heterocycles. The fourth-order valence-corrected chi connectivity index (χ4v) is 3.62. The normalized spacial score (nSPS) is 14.9. The number of ether oxygens (including phenoxy) is 1. The molecule has 164 valence electrons. The van der Waals surface area contributed by atoms with E-state index in [-0.39, 0.29) is 24.5 Å².